The van der Waals surface area contributed by atoms with Gasteiger partial charge in [-0.15, -0.1) is 5.10 Å². The summed E-state index contributed by atoms with van der Waals surface area (Å²) in [6.45, 7) is 2.26. The molecule has 0 saturated heterocycles. The normalized spacial score (nSPS) is 16.4. The van der Waals surface area contributed by atoms with Crippen LogP contribution in [0.5, 0.6) is 0 Å². The number of aromatic nitrogens is 4. The van der Waals surface area contributed by atoms with Crippen LogP contribution >= 0.6 is 0 Å². The highest BCUT2D eigenvalue weighted by Gasteiger charge is 2.25. The van der Waals surface area contributed by atoms with Gasteiger partial charge in [-0.2, -0.15) is 5.21 Å². The van der Waals surface area contributed by atoms with E-state index in [1.807, 2.05) is 0 Å². The van der Waals surface area contributed by atoms with Crippen LogP contribution in [0, 0.1) is 0 Å². The standard InChI is InChI=1S/C14H19FN8O3/c1-8-9(2)26-20-11(7-15)23(13(8)25)6-4-3-5-10(16)12(24)17-14-18-21-22-19-14/h3-4,10H,5-7,16H2,1-2H3,(H2,17,18,19,21,22,24)/b4-3+/t10-/m0/s1. The lowest BCUT2D eigenvalue weighted by Gasteiger charge is -2.18. The topological polar surface area (TPSA) is 151 Å². The molecule has 0 bridgehead atoms. The van der Waals surface area contributed by atoms with Gasteiger partial charge in [0.05, 0.1) is 11.6 Å². The first-order valence-corrected chi connectivity index (χ1v) is 7.68. The van der Waals surface area contributed by atoms with E-state index in [1.165, 1.54) is 0 Å². The molecule has 0 aliphatic carbocycles. The fourth-order valence-corrected chi connectivity index (χ4v) is 1.94. The lowest BCUT2D eigenvalue weighted by molar-refractivity contribution is -0.123. The zero-order chi connectivity index (χ0) is 19.1. The third-order valence-corrected chi connectivity index (χ3v) is 3.57. The largest absolute Gasteiger partial charge is 0.359 e. The molecule has 4 N–H and O–H groups in total. The van der Waals surface area contributed by atoms with E-state index in [0.29, 0.717) is 11.3 Å². The van der Waals surface area contributed by atoms with Crippen LogP contribution < -0.4 is 11.1 Å². The number of nitrogens with zero attached hydrogens (tertiary/aromatic N) is 5. The summed E-state index contributed by atoms with van der Waals surface area (Å²) in [6.07, 6.45) is 3.40. The van der Waals surface area contributed by atoms with E-state index < -0.39 is 24.5 Å². The number of tetrazole rings is 1. The smallest absolute Gasteiger partial charge is 0.269 e. The molecule has 1 aromatic heterocycles. The number of carbonyl (C=O) groups is 2. The van der Waals surface area contributed by atoms with Gasteiger partial charge in [-0.05, 0) is 25.5 Å². The van der Waals surface area contributed by atoms with E-state index in [4.69, 9.17) is 10.6 Å². The summed E-state index contributed by atoms with van der Waals surface area (Å²) >= 11 is 0. The summed E-state index contributed by atoms with van der Waals surface area (Å²) in [5.41, 5.74) is 6.09. The second-order valence-electron chi connectivity index (χ2n) is 5.37. The molecule has 2 rings (SSSR count). The van der Waals surface area contributed by atoms with Crippen molar-refractivity contribution in [1.29, 1.82) is 0 Å². The Hall–Kier alpha value is -3.15. The molecule has 0 aromatic carbocycles. The zero-order valence-electron chi connectivity index (χ0n) is 14.3. The van der Waals surface area contributed by atoms with Crippen molar-refractivity contribution in [2.75, 3.05) is 18.5 Å². The number of halogens is 1. The minimum Gasteiger partial charge on any atom is -0.359 e. The van der Waals surface area contributed by atoms with E-state index in [0.717, 1.165) is 4.90 Å². The number of carbonyl (C=O) groups excluding carboxylic acids is 2. The molecule has 11 nitrogen and oxygen atoms in total. The molecule has 2 amide bonds. The van der Waals surface area contributed by atoms with Gasteiger partial charge in [-0.3, -0.25) is 19.8 Å². The van der Waals surface area contributed by atoms with Gasteiger partial charge in [0.25, 0.3) is 11.9 Å². The van der Waals surface area contributed by atoms with Crippen molar-refractivity contribution in [2.24, 2.45) is 10.9 Å². The molecule has 12 heteroatoms. The van der Waals surface area contributed by atoms with Gasteiger partial charge in [-0.1, -0.05) is 22.4 Å². The highest BCUT2D eigenvalue weighted by Crippen LogP contribution is 2.15. The lowest BCUT2D eigenvalue weighted by atomic mass is 10.2. The number of alkyl halides is 1. The van der Waals surface area contributed by atoms with Crippen molar-refractivity contribution in [2.45, 2.75) is 26.3 Å². The number of amides is 2. The number of anilines is 1. The van der Waals surface area contributed by atoms with Gasteiger partial charge >= 0.3 is 0 Å². The summed E-state index contributed by atoms with van der Waals surface area (Å²) < 4.78 is 13.1. The van der Waals surface area contributed by atoms with Gasteiger partial charge in [-0.25, -0.2) is 4.39 Å². The van der Waals surface area contributed by atoms with Gasteiger partial charge in [0.2, 0.25) is 5.91 Å². The van der Waals surface area contributed by atoms with Crippen molar-refractivity contribution >= 4 is 23.6 Å². The average Bonchev–Trinajstić information content (AvgIpc) is 3.11. The summed E-state index contributed by atoms with van der Waals surface area (Å²) in [4.78, 5) is 30.3. The third kappa shape index (κ3) is 4.69. The first-order chi connectivity index (χ1) is 12.4. The van der Waals surface area contributed by atoms with Crippen LogP contribution in [0.25, 0.3) is 0 Å². The molecule has 2 heterocycles. The third-order valence-electron chi connectivity index (χ3n) is 3.57. The quantitative estimate of drug-likeness (QED) is 0.567. The Kier molecular flexibility index (Phi) is 6.49. The van der Waals surface area contributed by atoms with E-state index in [9.17, 15) is 14.0 Å². The molecule has 0 spiro atoms. The maximum Gasteiger partial charge on any atom is 0.269 e. The average molecular weight is 366 g/mol. The van der Waals surface area contributed by atoms with Gasteiger partial charge in [0.1, 0.15) is 5.76 Å². The number of oxime groups is 1. The number of aromatic amines is 1. The van der Waals surface area contributed by atoms with Crippen LogP contribution in [0.4, 0.5) is 10.3 Å². The summed E-state index contributed by atoms with van der Waals surface area (Å²) in [5, 5.41) is 18.7. The first-order valence-electron chi connectivity index (χ1n) is 7.68. The van der Waals surface area contributed by atoms with E-state index in [-0.39, 0.29) is 24.7 Å². The van der Waals surface area contributed by atoms with Crippen LogP contribution in [-0.4, -0.2) is 62.4 Å². The fourth-order valence-electron chi connectivity index (χ4n) is 1.94. The molecule has 140 valence electrons. The predicted molar refractivity (Wildman–Crippen MR) is 89.1 cm³/mol. The summed E-state index contributed by atoms with van der Waals surface area (Å²) in [5.74, 6) is -0.690. The monoisotopic (exact) mass is 366 g/mol. The number of amidine groups is 1. The fraction of sp³-hybridized carbons (Fsp3) is 0.429. The lowest BCUT2D eigenvalue weighted by Crippen LogP contribution is -2.38. The molecular weight excluding hydrogens is 347 g/mol. The van der Waals surface area contributed by atoms with Crippen molar-refractivity contribution < 1.29 is 18.8 Å². The minimum absolute atomic E-state index is 0.0195. The summed E-state index contributed by atoms with van der Waals surface area (Å²) in [7, 11) is 0. The van der Waals surface area contributed by atoms with Gasteiger partial charge < -0.3 is 10.6 Å². The SMILES string of the molecule is CC1=C(C)C(=O)N(C/C=C/C[C@H](N)C(=O)Nc2nn[nH]n2)C(CF)=NO1. The highest BCUT2D eigenvalue weighted by atomic mass is 19.1. The number of nitrogens with two attached hydrogens (primary N) is 1. The first kappa shape index (κ1) is 19.2. The Morgan fingerprint density at radius 2 is 2.23 bits per heavy atom. The molecule has 1 aliphatic rings. The Balaban J connectivity index is 1.91. The Morgan fingerprint density at radius 3 is 2.88 bits per heavy atom. The zero-order valence-corrected chi connectivity index (χ0v) is 14.3. The predicted octanol–water partition coefficient (Wildman–Crippen LogP) is -0.152. The number of hydrogen-bond acceptors (Lipinski definition) is 8. The molecule has 1 aromatic rings. The number of hydrogen-bond donors (Lipinski definition) is 3. The molecule has 0 saturated carbocycles. The van der Waals surface area contributed by atoms with Crippen LogP contribution in [0.15, 0.2) is 28.6 Å². The van der Waals surface area contributed by atoms with Crippen molar-refractivity contribution in [3.63, 3.8) is 0 Å². The van der Waals surface area contributed by atoms with E-state index in [2.05, 4.69) is 31.1 Å². The second kappa shape index (κ2) is 8.80. The number of rotatable bonds is 7. The Labute approximate surface area is 148 Å². The van der Waals surface area contributed by atoms with E-state index in [1.54, 1.807) is 26.0 Å². The summed E-state index contributed by atoms with van der Waals surface area (Å²) in [6, 6.07) is -0.855. The second-order valence-corrected chi connectivity index (χ2v) is 5.37. The Morgan fingerprint density at radius 1 is 1.46 bits per heavy atom. The van der Waals surface area contributed by atoms with E-state index >= 15 is 0 Å². The minimum atomic E-state index is -0.952. The molecular formula is C14H19FN8O3. The molecule has 0 fully saturated rings. The molecule has 0 unspecified atom stereocenters. The molecule has 1 aliphatic heterocycles. The van der Waals surface area contributed by atoms with Gasteiger partial charge in [0, 0.05) is 6.54 Å². The molecule has 1 atom stereocenters. The molecule has 26 heavy (non-hydrogen) atoms. The Bertz CT molecular complexity index is 743. The van der Waals surface area contributed by atoms with Crippen molar-refractivity contribution in [3.8, 4) is 0 Å². The highest BCUT2D eigenvalue weighted by molar-refractivity contribution is 6.06. The number of nitrogens with one attached hydrogen (secondary N) is 2. The maximum absolute atomic E-state index is 13.1. The number of allylic oxidation sites excluding steroid dienone is 1. The maximum atomic E-state index is 13.1. The number of H-pyrrole nitrogens is 1. The van der Waals surface area contributed by atoms with Crippen molar-refractivity contribution in [1.82, 2.24) is 25.5 Å². The van der Waals surface area contributed by atoms with Crippen LogP contribution in [0.1, 0.15) is 20.3 Å². The van der Waals surface area contributed by atoms with Crippen LogP contribution in [0.2, 0.25) is 0 Å². The van der Waals surface area contributed by atoms with Crippen molar-refractivity contribution in [3.05, 3.63) is 23.5 Å². The molecule has 0 radical (unpaired) electrons. The van der Waals surface area contributed by atoms with Gasteiger partial charge in [0.15, 0.2) is 12.5 Å². The van der Waals surface area contributed by atoms with Crippen LogP contribution in [0.3, 0.4) is 0 Å². The van der Waals surface area contributed by atoms with Crippen LogP contribution in [-0.2, 0) is 14.4 Å².